The Labute approximate surface area is 131 Å². The third kappa shape index (κ3) is 4.45. The quantitative estimate of drug-likeness (QED) is 0.641. The summed E-state index contributed by atoms with van der Waals surface area (Å²) in [5, 5.41) is 4.39. The van der Waals surface area contributed by atoms with E-state index in [9.17, 15) is 4.79 Å². The number of amides is 1. The molecule has 1 aromatic rings. The Bertz CT molecular complexity index is 508. The predicted molar refractivity (Wildman–Crippen MR) is 83.9 cm³/mol. The second-order valence-electron chi connectivity index (χ2n) is 6.93. The van der Waals surface area contributed by atoms with Crippen LogP contribution in [0, 0.1) is 5.92 Å². The predicted octanol–water partition coefficient (Wildman–Crippen LogP) is 1.05. The van der Waals surface area contributed by atoms with E-state index >= 15 is 0 Å². The zero-order valence-corrected chi connectivity index (χ0v) is 13.9. The fraction of sp³-hybridized carbons (Fsp3) is 0.733. The fourth-order valence-corrected chi connectivity index (χ4v) is 2.77. The van der Waals surface area contributed by atoms with Gasteiger partial charge in [0, 0.05) is 38.8 Å². The number of nitrogens with two attached hydrogens (primary N) is 1. The molecule has 7 heteroatoms. The van der Waals surface area contributed by atoms with Gasteiger partial charge in [0.15, 0.2) is 0 Å². The third-order valence-electron chi connectivity index (χ3n) is 3.86. The second kappa shape index (κ2) is 6.66. The first kappa shape index (κ1) is 16.8. The van der Waals surface area contributed by atoms with Gasteiger partial charge in [0.25, 0.3) is 0 Å². The molecule has 1 aliphatic rings. The highest BCUT2D eigenvalue weighted by atomic mass is 16.6. The number of carbonyl (C=O) groups is 1. The number of carbonyl (C=O) groups excluding carboxylic acids is 1. The van der Waals surface area contributed by atoms with E-state index < -0.39 is 5.60 Å². The first-order valence-corrected chi connectivity index (χ1v) is 7.71. The average molecular weight is 309 g/mol. The maximum absolute atomic E-state index is 12.1. The number of nitrogens with one attached hydrogen (secondary N) is 1. The van der Waals surface area contributed by atoms with Crippen molar-refractivity contribution in [1.82, 2.24) is 20.1 Å². The van der Waals surface area contributed by atoms with E-state index in [4.69, 9.17) is 10.6 Å². The number of rotatable bonds is 4. The lowest BCUT2D eigenvalue weighted by molar-refractivity contribution is 0.0285. The number of ether oxygens (including phenoxy) is 1. The van der Waals surface area contributed by atoms with Gasteiger partial charge in [-0.15, -0.1) is 0 Å². The van der Waals surface area contributed by atoms with Gasteiger partial charge in [0.2, 0.25) is 0 Å². The lowest BCUT2D eigenvalue weighted by Gasteiger charge is -2.25. The Hall–Kier alpha value is -1.60. The van der Waals surface area contributed by atoms with E-state index in [-0.39, 0.29) is 12.1 Å². The van der Waals surface area contributed by atoms with Crippen molar-refractivity contribution in [3.63, 3.8) is 0 Å². The van der Waals surface area contributed by atoms with Crippen LogP contribution >= 0.6 is 0 Å². The molecule has 1 aliphatic heterocycles. The molecule has 2 atom stereocenters. The van der Waals surface area contributed by atoms with Crippen LogP contribution in [0.1, 0.15) is 32.9 Å². The van der Waals surface area contributed by atoms with Gasteiger partial charge in [0.1, 0.15) is 5.60 Å². The first-order chi connectivity index (χ1) is 10.3. The minimum Gasteiger partial charge on any atom is -0.444 e. The molecule has 1 saturated heterocycles. The molecule has 1 amide bonds. The van der Waals surface area contributed by atoms with Gasteiger partial charge in [0.05, 0.1) is 5.69 Å². The number of hydrogen-bond acceptors (Lipinski definition) is 5. The molecule has 7 nitrogen and oxygen atoms in total. The molecule has 1 aromatic heterocycles. The summed E-state index contributed by atoms with van der Waals surface area (Å²) in [6, 6.07) is 2.09. The van der Waals surface area contributed by atoms with Crippen molar-refractivity contribution in [2.45, 2.75) is 45.3 Å². The lowest BCUT2D eigenvalue weighted by atomic mass is 9.95. The van der Waals surface area contributed by atoms with Crippen molar-refractivity contribution >= 4 is 6.09 Å². The number of hydrogen-bond donors (Lipinski definition) is 2. The fourth-order valence-electron chi connectivity index (χ4n) is 2.77. The molecule has 0 aliphatic carbocycles. The van der Waals surface area contributed by atoms with Crippen LogP contribution in [0.25, 0.3) is 0 Å². The van der Waals surface area contributed by atoms with Crippen LogP contribution in [-0.4, -0.2) is 45.5 Å². The molecule has 124 valence electrons. The first-order valence-electron chi connectivity index (χ1n) is 7.71. The Kier molecular flexibility index (Phi) is 5.08. The highest BCUT2D eigenvalue weighted by Gasteiger charge is 2.33. The Balaban J connectivity index is 1.91. The molecule has 2 rings (SSSR count). The van der Waals surface area contributed by atoms with E-state index in [0.29, 0.717) is 19.0 Å². The maximum Gasteiger partial charge on any atom is 0.410 e. The summed E-state index contributed by atoms with van der Waals surface area (Å²) in [6.45, 7) is 7.01. The summed E-state index contributed by atoms with van der Waals surface area (Å²) in [7, 11) is 1.90. The van der Waals surface area contributed by atoms with Gasteiger partial charge in [-0.05, 0) is 39.2 Å². The normalized spacial score (nSPS) is 20.2. The summed E-state index contributed by atoms with van der Waals surface area (Å²) in [6.07, 6.45) is 3.35. The van der Waals surface area contributed by atoms with Gasteiger partial charge in [-0.2, -0.15) is 5.10 Å². The van der Waals surface area contributed by atoms with Crippen molar-refractivity contribution < 1.29 is 9.53 Å². The van der Waals surface area contributed by atoms with Gasteiger partial charge < -0.3 is 9.64 Å². The number of likely N-dealkylation sites (tertiary alicyclic amines) is 1. The molecule has 22 heavy (non-hydrogen) atoms. The number of aryl methyl sites for hydroxylation is 1. The summed E-state index contributed by atoms with van der Waals surface area (Å²) >= 11 is 0. The number of aromatic nitrogens is 2. The van der Waals surface area contributed by atoms with E-state index in [1.807, 2.05) is 40.1 Å². The summed E-state index contributed by atoms with van der Waals surface area (Å²) < 4.78 is 7.21. The van der Waals surface area contributed by atoms with Crippen LogP contribution in [0.2, 0.25) is 0 Å². The average Bonchev–Trinajstić information content (AvgIpc) is 3.03. The van der Waals surface area contributed by atoms with E-state index in [0.717, 1.165) is 18.5 Å². The van der Waals surface area contributed by atoms with Crippen LogP contribution in [0.5, 0.6) is 0 Å². The van der Waals surface area contributed by atoms with Crippen LogP contribution in [0.3, 0.4) is 0 Å². The van der Waals surface area contributed by atoms with Crippen LogP contribution in [-0.2, 0) is 18.2 Å². The molecular formula is C15H27N5O2. The molecule has 2 heterocycles. The summed E-state index contributed by atoms with van der Waals surface area (Å²) in [5.41, 5.74) is 3.42. The molecule has 0 spiro atoms. The van der Waals surface area contributed by atoms with E-state index in [2.05, 4.69) is 10.5 Å². The molecule has 0 bridgehead atoms. The Morgan fingerprint density at radius 3 is 2.86 bits per heavy atom. The minimum absolute atomic E-state index is 0.0994. The molecule has 1 fully saturated rings. The molecule has 0 saturated carbocycles. The van der Waals surface area contributed by atoms with Crippen molar-refractivity contribution in [2.75, 3.05) is 13.1 Å². The Morgan fingerprint density at radius 2 is 2.32 bits per heavy atom. The van der Waals surface area contributed by atoms with Crippen molar-refractivity contribution in [1.29, 1.82) is 0 Å². The molecule has 0 aromatic carbocycles. The van der Waals surface area contributed by atoms with Crippen LogP contribution < -0.4 is 11.3 Å². The van der Waals surface area contributed by atoms with E-state index in [1.165, 1.54) is 0 Å². The topological polar surface area (TPSA) is 85.4 Å². The highest BCUT2D eigenvalue weighted by molar-refractivity contribution is 5.68. The second-order valence-corrected chi connectivity index (χ2v) is 6.93. The highest BCUT2D eigenvalue weighted by Crippen LogP contribution is 2.23. The number of nitrogens with zero attached hydrogens (tertiary/aromatic N) is 3. The largest absolute Gasteiger partial charge is 0.444 e. The molecule has 2 unspecified atom stereocenters. The summed E-state index contributed by atoms with van der Waals surface area (Å²) in [5.74, 6) is 6.02. The number of hydrazine groups is 1. The maximum atomic E-state index is 12.1. The smallest absolute Gasteiger partial charge is 0.410 e. The van der Waals surface area contributed by atoms with Crippen molar-refractivity contribution in [3.05, 3.63) is 18.0 Å². The monoisotopic (exact) mass is 309 g/mol. The zero-order chi connectivity index (χ0) is 16.3. The SMILES string of the molecule is Cn1ccc(CC(NN)C2CCN(C(=O)OC(C)(C)C)C2)n1. The Morgan fingerprint density at radius 1 is 1.59 bits per heavy atom. The van der Waals surface area contributed by atoms with Gasteiger partial charge in [-0.25, -0.2) is 4.79 Å². The van der Waals surface area contributed by atoms with Crippen molar-refractivity contribution in [2.24, 2.45) is 18.8 Å². The van der Waals surface area contributed by atoms with Crippen LogP contribution in [0.15, 0.2) is 12.3 Å². The standard InChI is InChI=1S/C15H27N5O2/c1-15(2,3)22-14(21)20-8-5-11(10-20)13(17-16)9-12-6-7-19(4)18-12/h6-7,11,13,17H,5,8-10,16H2,1-4H3. The lowest BCUT2D eigenvalue weighted by Crippen LogP contribution is -2.44. The van der Waals surface area contributed by atoms with Gasteiger partial charge >= 0.3 is 6.09 Å². The third-order valence-corrected chi connectivity index (χ3v) is 3.86. The van der Waals surface area contributed by atoms with Crippen molar-refractivity contribution in [3.8, 4) is 0 Å². The molecule has 0 radical (unpaired) electrons. The summed E-state index contributed by atoms with van der Waals surface area (Å²) in [4.78, 5) is 13.9. The van der Waals surface area contributed by atoms with E-state index in [1.54, 1.807) is 9.58 Å². The van der Waals surface area contributed by atoms with Gasteiger partial charge in [-0.1, -0.05) is 0 Å². The minimum atomic E-state index is -0.464. The molecule has 3 N–H and O–H groups in total. The molecular weight excluding hydrogens is 282 g/mol. The zero-order valence-electron chi connectivity index (χ0n) is 13.9. The van der Waals surface area contributed by atoms with Gasteiger partial charge in [-0.3, -0.25) is 16.0 Å². The van der Waals surface area contributed by atoms with Crippen LogP contribution in [0.4, 0.5) is 4.79 Å².